The van der Waals surface area contributed by atoms with Crippen molar-refractivity contribution >= 4 is 28.8 Å². The quantitative estimate of drug-likeness (QED) is 0.440. The summed E-state index contributed by atoms with van der Waals surface area (Å²) < 4.78 is 12.4. The maximum absolute atomic E-state index is 13.4. The summed E-state index contributed by atoms with van der Waals surface area (Å²) in [6.45, 7) is 3.90. The molecule has 0 spiro atoms. The molecule has 1 atom stereocenters. The van der Waals surface area contributed by atoms with Crippen LogP contribution < -0.4 is 15.4 Å². The first-order valence-electron chi connectivity index (χ1n) is 12.7. The molecule has 1 fully saturated rings. The van der Waals surface area contributed by atoms with Gasteiger partial charge >= 0.3 is 0 Å². The Morgan fingerprint density at radius 2 is 1.92 bits per heavy atom. The number of hydrogen-bond donors (Lipinski definition) is 2. The molecule has 11 heteroatoms. The van der Waals surface area contributed by atoms with Crippen LogP contribution in [0.2, 0.25) is 0 Å². The highest BCUT2D eigenvalue weighted by molar-refractivity contribution is 5.97. The molecule has 2 aliphatic rings. The number of amides is 1. The number of likely N-dealkylation sites (N-methyl/N-ethyl adjacent to an activating group) is 1. The second-order valence-corrected chi connectivity index (χ2v) is 9.57. The van der Waals surface area contributed by atoms with E-state index in [-0.39, 0.29) is 11.9 Å². The van der Waals surface area contributed by atoms with Gasteiger partial charge in [0.25, 0.3) is 5.88 Å². The molecule has 3 heterocycles. The predicted octanol–water partition coefficient (Wildman–Crippen LogP) is 2.15. The lowest BCUT2D eigenvalue weighted by Crippen LogP contribution is -2.54. The van der Waals surface area contributed by atoms with Gasteiger partial charge in [-0.2, -0.15) is 0 Å². The van der Waals surface area contributed by atoms with Crippen LogP contribution >= 0.6 is 0 Å². The molecule has 3 aromatic rings. The summed E-state index contributed by atoms with van der Waals surface area (Å²) in [7, 11) is 7.14. The van der Waals surface area contributed by atoms with Crippen molar-refractivity contribution in [3.63, 3.8) is 0 Å². The number of aryl methyl sites for hydroxylation is 1. The maximum Gasteiger partial charge on any atom is 0.256 e. The Kier molecular flexibility index (Phi) is 7.68. The van der Waals surface area contributed by atoms with E-state index in [0.29, 0.717) is 30.5 Å². The molecule has 38 heavy (non-hydrogen) atoms. The van der Waals surface area contributed by atoms with Crippen LogP contribution in [0.4, 0.5) is 17.3 Å². The number of anilines is 3. The number of carbonyl (C=O) groups excluding carboxylic acids is 1. The van der Waals surface area contributed by atoms with E-state index in [2.05, 4.69) is 49.7 Å². The van der Waals surface area contributed by atoms with Gasteiger partial charge in [0.05, 0.1) is 25.6 Å². The molecule has 200 valence electrons. The van der Waals surface area contributed by atoms with Crippen LogP contribution in [-0.2, 0) is 23.0 Å². The summed E-state index contributed by atoms with van der Waals surface area (Å²) in [5.74, 6) is 0.870. The van der Waals surface area contributed by atoms with Crippen molar-refractivity contribution in [2.75, 3.05) is 64.7 Å². The third-order valence-corrected chi connectivity index (χ3v) is 7.01. The van der Waals surface area contributed by atoms with E-state index in [9.17, 15) is 4.79 Å². The van der Waals surface area contributed by atoms with Crippen LogP contribution in [0.5, 0.6) is 5.88 Å². The maximum atomic E-state index is 13.4. The summed E-state index contributed by atoms with van der Waals surface area (Å²) in [6.07, 6.45) is 6.38. The van der Waals surface area contributed by atoms with Gasteiger partial charge in [0.15, 0.2) is 0 Å². The molecule has 0 unspecified atom stereocenters. The highest BCUT2D eigenvalue weighted by Gasteiger charge is 2.29. The lowest BCUT2D eigenvalue weighted by Gasteiger charge is -2.36. The average molecular weight is 519 g/mol. The van der Waals surface area contributed by atoms with Gasteiger partial charge in [0, 0.05) is 57.8 Å². The van der Waals surface area contributed by atoms with Gasteiger partial charge in [-0.15, -0.1) is 5.10 Å². The summed E-state index contributed by atoms with van der Waals surface area (Å²) in [6, 6.07) is 7.55. The molecule has 0 saturated carbocycles. The van der Waals surface area contributed by atoms with Crippen molar-refractivity contribution in [2.24, 2.45) is 7.05 Å². The Morgan fingerprint density at radius 1 is 1.11 bits per heavy atom. The van der Waals surface area contributed by atoms with Crippen molar-refractivity contribution < 1.29 is 14.3 Å². The van der Waals surface area contributed by atoms with E-state index in [1.54, 1.807) is 25.1 Å². The van der Waals surface area contributed by atoms with E-state index < -0.39 is 0 Å². The molecule has 11 nitrogen and oxygen atoms in total. The topological polar surface area (TPSA) is 110 Å². The number of benzene rings is 1. The largest absolute Gasteiger partial charge is 0.478 e. The van der Waals surface area contributed by atoms with E-state index >= 15 is 0 Å². The fourth-order valence-corrected chi connectivity index (χ4v) is 4.98. The third kappa shape index (κ3) is 5.40. The molecule has 0 radical (unpaired) electrons. The Hall–Kier alpha value is -3.80. The first kappa shape index (κ1) is 25.8. The van der Waals surface area contributed by atoms with E-state index in [1.807, 2.05) is 31.4 Å². The first-order chi connectivity index (χ1) is 18.5. The lowest BCUT2D eigenvalue weighted by atomic mass is 10.0. The van der Waals surface area contributed by atoms with Crippen molar-refractivity contribution in [1.82, 2.24) is 29.5 Å². The van der Waals surface area contributed by atoms with Gasteiger partial charge in [-0.3, -0.25) is 14.4 Å². The highest BCUT2D eigenvalue weighted by atomic mass is 16.5. The smallest absolute Gasteiger partial charge is 0.256 e. The van der Waals surface area contributed by atoms with Crippen LogP contribution in [0.3, 0.4) is 0 Å². The molecule has 1 amide bonds. The summed E-state index contributed by atoms with van der Waals surface area (Å²) in [5, 5.41) is 10.6. The van der Waals surface area contributed by atoms with Crippen molar-refractivity contribution in [2.45, 2.75) is 12.5 Å². The van der Waals surface area contributed by atoms with Crippen molar-refractivity contribution in [3.05, 3.63) is 59.6 Å². The Balaban J connectivity index is 1.34. The van der Waals surface area contributed by atoms with Gasteiger partial charge < -0.3 is 25.0 Å². The standard InChI is InChI=1S/C27H34N8O3/c1-33-12-14-35(15-13-33)24(17-37-3)25(36)29-21-7-5-6-18-19(21)8-9-20(18)22-10-11-28-27(30-22)31-23-16-34(2)32-26(23)38-4/h5-7,9-11,16,24H,8,12-15,17H2,1-4H3,(H,29,36)(H,28,30,31)/t24-/m1/s1. The molecule has 1 aromatic carbocycles. The second kappa shape index (κ2) is 11.3. The molecular formula is C27H34N8O3. The number of nitrogens with one attached hydrogen (secondary N) is 2. The predicted molar refractivity (Wildman–Crippen MR) is 146 cm³/mol. The molecular weight excluding hydrogens is 484 g/mol. The zero-order valence-electron chi connectivity index (χ0n) is 22.3. The van der Waals surface area contributed by atoms with Crippen molar-refractivity contribution in [1.29, 1.82) is 0 Å². The second-order valence-electron chi connectivity index (χ2n) is 9.57. The minimum Gasteiger partial charge on any atom is -0.478 e. The monoisotopic (exact) mass is 518 g/mol. The number of carbonyl (C=O) groups is 1. The van der Waals surface area contributed by atoms with Crippen LogP contribution in [0.25, 0.3) is 5.57 Å². The number of nitrogens with zero attached hydrogens (tertiary/aromatic N) is 6. The molecule has 0 bridgehead atoms. The Labute approximate surface area is 222 Å². The molecule has 2 aromatic heterocycles. The van der Waals surface area contributed by atoms with E-state index in [1.165, 1.54) is 0 Å². The SMILES string of the molecule is COC[C@H](C(=O)Nc1cccc2c1CC=C2c1ccnc(Nc2cn(C)nc2OC)n1)N1CCN(C)CC1. The molecule has 5 rings (SSSR count). The molecule has 1 aliphatic heterocycles. The zero-order valence-corrected chi connectivity index (χ0v) is 22.3. The van der Waals surface area contributed by atoms with Crippen LogP contribution in [0, 0.1) is 0 Å². The van der Waals surface area contributed by atoms with Crippen LogP contribution in [0.15, 0.2) is 42.7 Å². The number of piperazine rings is 1. The Morgan fingerprint density at radius 3 is 2.68 bits per heavy atom. The zero-order chi connectivity index (χ0) is 26.6. The third-order valence-electron chi connectivity index (χ3n) is 7.01. The molecule has 1 aliphatic carbocycles. The fraction of sp³-hybridized carbons (Fsp3) is 0.407. The minimum absolute atomic E-state index is 0.0443. The molecule has 1 saturated heterocycles. The van der Waals surface area contributed by atoms with E-state index in [4.69, 9.17) is 14.5 Å². The fourth-order valence-electron chi connectivity index (χ4n) is 4.98. The first-order valence-corrected chi connectivity index (χ1v) is 12.7. The number of ether oxygens (including phenoxy) is 2. The van der Waals surface area contributed by atoms with Crippen molar-refractivity contribution in [3.8, 4) is 5.88 Å². The number of aromatic nitrogens is 4. The minimum atomic E-state index is -0.335. The van der Waals surface area contributed by atoms with E-state index in [0.717, 1.165) is 54.3 Å². The summed E-state index contributed by atoms with van der Waals surface area (Å²) in [5.41, 5.74) is 5.43. The summed E-state index contributed by atoms with van der Waals surface area (Å²) in [4.78, 5) is 27.0. The number of rotatable bonds is 9. The van der Waals surface area contributed by atoms with Gasteiger partial charge in [-0.05, 0) is 36.7 Å². The van der Waals surface area contributed by atoms with Gasteiger partial charge in [0.2, 0.25) is 11.9 Å². The molecule has 2 N–H and O–H groups in total. The average Bonchev–Trinajstić information content (AvgIpc) is 3.51. The number of fused-ring (bicyclic) bond motifs is 1. The van der Waals surface area contributed by atoms with Gasteiger partial charge in [-0.1, -0.05) is 18.2 Å². The van der Waals surface area contributed by atoms with Crippen LogP contribution in [0.1, 0.15) is 16.8 Å². The van der Waals surface area contributed by atoms with Gasteiger partial charge in [-0.25, -0.2) is 9.97 Å². The number of allylic oxidation sites excluding steroid dienone is 1. The number of hydrogen-bond acceptors (Lipinski definition) is 9. The normalized spacial score (nSPS) is 16.6. The van der Waals surface area contributed by atoms with Crippen LogP contribution in [-0.4, -0.2) is 95.6 Å². The Bertz CT molecular complexity index is 1330. The lowest BCUT2D eigenvalue weighted by molar-refractivity contribution is -0.124. The van der Waals surface area contributed by atoms with Gasteiger partial charge in [0.1, 0.15) is 11.7 Å². The highest BCUT2D eigenvalue weighted by Crippen LogP contribution is 2.36. The number of methoxy groups -OCH3 is 2. The summed E-state index contributed by atoms with van der Waals surface area (Å²) >= 11 is 0.